The first kappa shape index (κ1) is 24.1. The first-order valence-electron chi connectivity index (χ1n) is 11.3. The zero-order valence-electron chi connectivity index (χ0n) is 19.1. The highest BCUT2D eigenvalue weighted by Crippen LogP contribution is 2.41. The number of Topliss-reactive ketones (excluding diaryl/α,β-unsaturated/α-hetero) is 1. The molecule has 4 rings (SSSR count). The SMILES string of the molecule is CCCCCOc1ccc(/C(O)=C2\C(=O)C(=O)N(c3ccc(F)c(F)c3)C2c2ccccn2)cc1. The molecule has 0 radical (unpaired) electrons. The standard InChI is InChI=1S/C27H24F2N2O4/c1-2-3-6-15-35-19-11-8-17(9-12-19)25(32)23-24(22-7-4-5-14-30-22)31(27(34)26(23)33)18-10-13-20(28)21(29)16-18/h4-5,7-14,16,24,32H,2-3,6,15H2,1H3/b25-23+. The fourth-order valence-electron chi connectivity index (χ4n) is 3.96. The quantitative estimate of drug-likeness (QED) is 0.199. The summed E-state index contributed by atoms with van der Waals surface area (Å²) < 4.78 is 33.2. The summed E-state index contributed by atoms with van der Waals surface area (Å²) in [4.78, 5) is 31.4. The third kappa shape index (κ3) is 4.91. The van der Waals surface area contributed by atoms with E-state index in [4.69, 9.17) is 4.74 Å². The second kappa shape index (κ2) is 10.5. The molecule has 1 amide bonds. The highest BCUT2D eigenvalue weighted by atomic mass is 19.2. The molecule has 2 aromatic carbocycles. The Morgan fingerprint density at radius 1 is 1.03 bits per heavy atom. The Bertz CT molecular complexity index is 1260. The number of ketones is 1. The number of benzene rings is 2. The summed E-state index contributed by atoms with van der Waals surface area (Å²) in [7, 11) is 0. The van der Waals surface area contributed by atoms with Crippen molar-refractivity contribution in [3.63, 3.8) is 0 Å². The van der Waals surface area contributed by atoms with E-state index in [2.05, 4.69) is 11.9 Å². The molecule has 1 aliphatic heterocycles. The van der Waals surface area contributed by atoms with Crippen molar-refractivity contribution in [3.05, 3.63) is 95.3 Å². The van der Waals surface area contributed by atoms with Crippen molar-refractivity contribution in [2.75, 3.05) is 11.5 Å². The largest absolute Gasteiger partial charge is 0.507 e. The number of ether oxygens (including phenoxy) is 1. The molecule has 1 unspecified atom stereocenters. The maximum absolute atomic E-state index is 14.0. The lowest BCUT2D eigenvalue weighted by Crippen LogP contribution is -2.30. The average molecular weight is 478 g/mol. The number of pyridine rings is 1. The van der Waals surface area contributed by atoms with Crippen LogP contribution in [0, 0.1) is 11.6 Å². The van der Waals surface area contributed by atoms with Crippen LogP contribution in [0.3, 0.4) is 0 Å². The lowest BCUT2D eigenvalue weighted by molar-refractivity contribution is -0.132. The van der Waals surface area contributed by atoms with Crippen molar-refractivity contribution in [3.8, 4) is 5.75 Å². The van der Waals surface area contributed by atoms with Crippen molar-refractivity contribution in [2.45, 2.75) is 32.2 Å². The highest BCUT2D eigenvalue weighted by Gasteiger charge is 2.47. The third-order valence-electron chi connectivity index (χ3n) is 5.74. The monoisotopic (exact) mass is 478 g/mol. The Morgan fingerprint density at radius 3 is 2.46 bits per heavy atom. The number of halogens is 2. The summed E-state index contributed by atoms with van der Waals surface area (Å²) in [5.41, 5.74) is 0.357. The van der Waals surface area contributed by atoms with Crippen molar-refractivity contribution >= 4 is 23.1 Å². The van der Waals surface area contributed by atoms with E-state index in [1.807, 2.05) is 0 Å². The van der Waals surface area contributed by atoms with Crippen LogP contribution < -0.4 is 9.64 Å². The predicted octanol–water partition coefficient (Wildman–Crippen LogP) is 5.56. The minimum atomic E-state index is -1.17. The van der Waals surface area contributed by atoms with Gasteiger partial charge in [0.25, 0.3) is 11.7 Å². The third-order valence-corrected chi connectivity index (χ3v) is 5.74. The molecule has 1 aliphatic rings. The molecule has 6 nitrogen and oxygen atoms in total. The van der Waals surface area contributed by atoms with Crippen LogP contribution in [-0.4, -0.2) is 28.4 Å². The molecule has 1 N–H and O–H groups in total. The highest BCUT2D eigenvalue weighted by molar-refractivity contribution is 6.51. The molecule has 0 spiro atoms. The first-order chi connectivity index (χ1) is 16.9. The van der Waals surface area contributed by atoms with E-state index in [0.29, 0.717) is 17.9 Å². The summed E-state index contributed by atoms with van der Waals surface area (Å²) in [5.74, 6) is -3.98. The summed E-state index contributed by atoms with van der Waals surface area (Å²) in [6, 6.07) is 13.2. The van der Waals surface area contributed by atoms with Gasteiger partial charge in [-0.15, -0.1) is 0 Å². The summed E-state index contributed by atoms with van der Waals surface area (Å²) in [5, 5.41) is 11.1. The number of anilines is 1. The fourth-order valence-corrected chi connectivity index (χ4v) is 3.96. The van der Waals surface area contributed by atoms with Gasteiger partial charge in [-0.1, -0.05) is 25.8 Å². The van der Waals surface area contributed by atoms with Crippen molar-refractivity contribution < 1.29 is 28.2 Å². The Labute approximate surface area is 201 Å². The van der Waals surface area contributed by atoms with Gasteiger partial charge >= 0.3 is 0 Å². The number of rotatable bonds is 8. The van der Waals surface area contributed by atoms with Crippen LogP contribution in [0.4, 0.5) is 14.5 Å². The normalized spacial score (nSPS) is 17.1. The Morgan fingerprint density at radius 2 is 1.80 bits per heavy atom. The number of aromatic nitrogens is 1. The van der Waals surface area contributed by atoms with E-state index in [1.165, 1.54) is 12.3 Å². The Kier molecular flexibility index (Phi) is 7.19. The van der Waals surface area contributed by atoms with Crippen LogP contribution >= 0.6 is 0 Å². The van der Waals surface area contributed by atoms with Gasteiger partial charge in [0.1, 0.15) is 17.6 Å². The molecule has 0 aliphatic carbocycles. The van der Waals surface area contributed by atoms with Gasteiger partial charge in [0.15, 0.2) is 11.6 Å². The number of nitrogens with zero attached hydrogens (tertiary/aromatic N) is 2. The van der Waals surface area contributed by atoms with Crippen LogP contribution in [0.15, 0.2) is 72.4 Å². The molecule has 1 aromatic heterocycles. The van der Waals surface area contributed by atoms with Gasteiger partial charge in [-0.2, -0.15) is 0 Å². The molecule has 8 heteroatoms. The number of aliphatic hydroxyl groups is 1. The number of carbonyl (C=O) groups is 2. The topological polar surface area (TPSA) is 79.7 Å². The van der Waals surface area contributed by atoms with E-state index >= 15 is 0 Å². The smallest absolute Gasteiger partial charge is 0.300 e. The molecular formula is C27H24F2N2O4. The molecule has 0 bridgehead atoms. The predicted molar refractivity (Wildman–Crippen MR) is 127 cm³/mol. The summed E-state index contributed by atoms with van der Waals surface area (Å²) in [6.07, 6.45) is 4.54. The van der Waals surface area contributed by atoms with Crippen molar-refractivity contribution in [1.82, 2.24) is 4.98 Å². The fraction of sp³-hybridized carbons (Fsp3) is 0.222. The van der Waals surface area contributed by atoms with E-state index in [0.717, 1.165) is 36.3 Å². The molecule has 1 fully saturated rings. The maximum atomic E-state index is 14.0. The van der Waals surface area contributed by atoms with E-state index in [-0.39, 0.29) is 17.0 Å². The molecule has 1 saturated heterocycles. The molecule has 3 aromatic rings. The average Bonchev–Trinajstić information content (AvgIpc) is 3.14. The van der Waals surface area contributed by atoms with Gasteiger partial charge in [0.2, 0.25) is 0 Å². The summed E-state index contributed by atoms with van der Waals surface area (Å²) >= 11 is 0. The molecule has 2 heterocycles. The molecular weight excluding hydrogens is 454 g/mol. The zero-order chi connectivity index (χ0) is 24.9. The van der Waals surface area contributed by atoms with Gasteiger partial charge in [0, 0.05) is 23.5 Å². The number of unbranched alkanes of at least 4 members (excludes halogenated alkanes) is 2. The molecule has 0 saturated carbocycles. The summed E-state index contributed by atoms with van der Waals surface area (Å²) in [6.45, 7) is 2.67. The van der Waals surface area contributed by atoms with Gasteiger partial charge in [-0.25, -0.2) is 8.78 Å². The van der Waals surface area contributed by atoms with Gasteiger partial charge < -0.3 is 9.84 Å². The van der Waals surface area contributed by atoms with Gasteiger partial charge in [-0.05, 0) is 55.0 Å². The number of amides is 1. The van der Waals surface area contributed by atoms with Crippen LogP contribution in [0.5, 0.6) is 5.75 Å². The number of hydrogen-bond donors (Lipinski definition) is 1. The zero-order valence-corrected chi connectivity index (χ0v) is 19.1. The van der Waals surface area contributed by atoms with Crippen LogP contribution in [-0.2, 0) is 9.59 Å². The van der Waals surface area contributed by atoms with E-state index in [1.54, 1.807) is 42.5 Å². The van der Waals surface area contributed by atoms with E-state index in [9.17, 15) is 23.5 Å². The van der Waals surface area contributed by atoms with Crippen molar-refractivity contribution in [1.29, 1.82) is 0 Å². The van der Waals surface area contributed by atoms with Crippen LogP contribution in [0.2, 0.25) is 0 Å². The van der Waals surface area contributed by atoms with Gasteiger partial charge in [0.05, 0.1) is 17.9 Å². The lowest BCUT2D eigenvalue weighted by atomic mass is 9.98. The molecule has 35 heavy (non-hydrogen) atoms. The second-order valence-electron chi connectivity index (χ2n) is 8.10. The minimum Gasteiger partial charge on any atom is -0.507 e. The van der Waals surface area contributed by atoms with Gasteiger partial charge in [-0.3, -0.25) is 19.5 Å². The Hall–Kier alpha value is -4.07. The molecule has 180 valence electrons. The number of hydrogen-bond acceptors (Lipinski definition) is 5. The number of aliphatic hydroxyl groups excluding tert-OH is 1. The van der Waals surface area contributed by atoms with Crippen LogP contribution in [0.25, 0.3) is 5.76 Å². The molecule has 1 atom stereocenters. The maximum Gasteiger partial charge on any atom is 0.300 e. The minimum absolute atomic E-state index is 0.0310. The van der Waals surface area contributed by atoms with E-state index < -0.39 is 35.1 Å². The lowest BCUT2D eigenvalue weighted by Gasteiger charge is -2.24. The Balaban J connectivity index is 1.75. The first-order valence-corrected chi connectivity index (χ1v) is 11.3. The van der Waals surface area contributed by atoms with Crippen LogP contribution in [0.1, 0.15) is 43.5 Å². The number of carbonyl (C=O) groups excluding carboxylic acids is 2. The second-order valence-corrected chi connectivity index (χ2v) is 8.10. The van der Waals surface area contributed by atoms with Crippen molar-refractivity contribution in [2.24, 2.45) is 0 Å².